The van der Waals surface area contributed by atoms with Gasteiger partial charge in [0.25, 0.3) is 0 Å². The molecule has 1 N–H and O–H groups in total. The third kappa shape index (κ3) is 3.91. The van der Waals surface area contributed by atoms with Crippen molar-refractivity contribution in [2.75, 3.05) is 18.1 Å². The Kier molecular flexibility index (Phi) is 5.08. The Hall–Kier alpha value is -2.86. The van der Waals surface area contributed by atoms with E-state index in [1.807, 2.05) is 54.4 Å². The summed E-state index contributed by atoms with van der Waals surface area (Å²) < 4.78 is 0. The van der Waals surface area contributed by atoms with Crippen molar-refractivity contribution in [3.63, 3.8) is 0 Å². The molecule has 0 aliphatic rings. The number of hydrogen-bond donors (Lipinski definition) is 1. The first kappa shape index (κ1) is 16.0. The van der Waals surface area contributed by atoms with Gasteiger partial charge in [0.05, 0.1) is 6.61 Å². The highest BCUT2D eigenvalue weighted by atomic mass is 16.3. The van der Waals surface area contributed by atoms with E-state index in [4.69, 9.17) is 0 Å². The third-order valence-electron chi connectivity index (χ3n) is 3.52. The highest BCUT2D eigenvalue weighted by Gasteiger charge is 2.12. The molecule has 24 heavy (non-hydrogen) atoms. The van der Waals surface area contributed by atoms with Crippen LogP contribution < -0.4 is 4.90 Å². The molecule has 3 aromatic heterocycles. The Morgan fingerprint density at radius 3 is 2.71 bits per heavy atom. The SMILES string of the molecule is Cc1cc(N(CCO)Cc2cccnc2)nc(-c2ccccn2)n1. The van der Waals surface area contributed by atoms with E-state index in [0.29, 0.717) is 18.9 Å². The maximum Gasteiger partial charge on any atom is 0.180 e. The van der Waals surface area contributed by atoms with Gasteiger partial charge in [-0.2, -0.15) is 0 Å². The smallest absolute Gasteiger partial charge is 0.180 e. The number of nitrogens with zero attached hydrogens (tertiary/aromatic N) is 5. The summed E-state index contributed by atoms with van der Waals surface area (Å²) in [4.78, 5) is 19.6. The van der Waals surface area contributed by atoms with Crippen LogP contribution in [0.4, 0.5) is 5.82 Å². The van der Waals surface area contributed by atoms with Gasteiger partial charge in [0.2, 0.25) is 0 Å². The number of aliphatic hydroxyl groups excluding tert-OH is 1. The standard InChI is InChI=1S/C18H19N5O/c1-14-11-17(22-18(21-14)16-6-2-3-8-20-16)23(9-10-24)13-15-5-4-7-19-12-15/h2-8,11-12,24H,9-10,13H2,1H3. The van der Waals surface area contributed by atoms with Gasteiger partial charge in [0.1, 0.15) is 11.5 Å². The van der Waals surface area contributed by atoms with Crippen molar-refractivity contribution in [3.8, 4) is 11.5 Å². The lowest BCUT2D eigenvalue weighted by atomic mass is 10.2. The van der Waals surface area contributed by atoms with Crippen LogP contribution in [0.2, 0.25) is 0 Å². The molecule has 0 spiro atoms. The van der Waals surface area contributed by atoms with Gasteiger partial charge in [-0.25, -0.2) is 9.97 Å². The van der Waals surface area contributed by atoms with E-state index in [2.05, 4.69) is 19.9 Å². The second-order valence-electron chi connectivity index (χ2n) is 5.41. The topological polar surface area (TPSA) is 75.0 Å². The van der Waals surface area contributed by atoms with Crippen molar-refractivity contribution in [2.24, 2.45) is 0 Å². The monoisotopic (exact) mass is 321 g/mol. The lowest BCUT2D eigenvalue weighted by Crippen LogP contribution is -2.27. The molecule has 0 aromatic carbocycles. The molecule has 6 nitrogen and oxygen atoms in total. The first-order valence-electron chi connectivity index (χ1n) is 7.78. The van der Waals surface area contributed by atoms with Crippen molar-refractivity contribution < 1.29 is 5.11 Å². The molecular formula is C18H19N5O. The van der Waals surface area contributed by atoms with E-state index in [-0.39, 0.29) is 6.61 Å². The fourth-order valence-electron chi connectivity index (χ4n) is 2.43. The lowest BCUT2D eigenvalue weighted by molar-refractivity contribution is 0.301. The summed E-state index contributed by atoms with van der Waals surface area (Å²) in [6.45, 7) is 3.07. The molecular weight excluding hydrogens is 302 g/mol. The molecule has 122 valence electrons. The van der Waals surface area contributed by atoms with Crippen LogP contribution in [0.3, 0.4) is 0 Å². The summed E-state index contributed by atoms with van der Waals surface area (Å²) in [5, 5.41) is 9.42. The van der Waals surface area contributed by atoms with Crippen molar-refractivity contribution in [1.82, 2.24) is 19.9 Å². The van der Waals surface area contributed by atoms with Crippen molar-refractivity contribution in [1.29, 1.82) is 0 Å². The van der Waals surface area contributed by atoms with E-state index in [0.717, 1.165) is 22.8 Å². The molecule has 0 saturated heterocycles. The molecule has 3 rings (SSSR count). The molecule has 0 unspecified atom stereocenters. The predicted molar refractivity (Wildman–Crippen MR) is 92.4 cm³/mol. The normalized spacial score (nSPS) is 10.6. The summed E-state index contributed by atoms with van der Waals surface area (Å²) >= 11 is 0. The first-order valence-corrected chi connectivity index (χ1v) is 7.78. The molecule has 0 fully saturated rings. The van der Waals surface area contributed by atoms with Crippen LogP contribution >= 0.6 is 0 Å². The van der Waals surface area contributed by atoms with E-state index in [9.17, 15) is 5.11 Å². The van der Waals surface area contributed by atoms with Gasteiger partial charge in [-0.15, -0.1) is 0 Å². The molecule has 0 bridgehead atoms. The molecule has 0 aliphatic heterocycles. The third-order valence-corrected chi connectivity index (χ3v) is 3.52. The van der Waals surface area contributed by atoms with Crippen molar-refractivity contribution in [3.05, 3.63) is 66.2 Å². The maximum absolute atomic E-state index is 9.42. The summed E-state index contributed by atoms with van der Waals surface area (Å²) in [5.74, 6) is 1.35. The zero-order valence-corrected chi connectivity index (χ0v) is 13.5. The van der Waals surface area contributed by atoms with Gasteiger partial charge >= 0.3 is 0 Å². The molecule has 0 aliphatic carbocycles. The fraction of sp³-hybridized carbons (Fsp3) is 0.222. The van der Waals surface area contributed by atoms with Crippen LogP contribution in [0.15, 0.2) is 55.0 Å². The molecule has 0 saturated carbocycles. The lowest BCUT2D eigenvalue weighted by Gasteiger charge is -2.23. The Bertz CT molecular complexity index is 780. The van der Waals surface area contributed by atoms with E-state index >= 15 is 0 Å². The Morgan fingerprint density at radius 1 is 1.08 bits per heavy atom. The zero-order valence-electron chi connectivity index (χ0n) is 13.5. The largest absolute Gasteiger partial charge is 0.395 e. The average molecular weight is 321 g/mol. The maximum atomic E-state index is 9.42. The fourth-order valence-corrected chi connectivity index (χ4v) is 2.43. The van der Waals surface area contributed by atoms with Gasteiger partial charge < -0.3 is 10.0 Å². The van der Waals surface area contributed by atoms with Gasteiger partial charge in [0.15, 0.2) is 5.82 Å². The predicted octanol–water partition coefficient (Wildman–Crippen LogP) is 2.24. The Labute approximate surface area is 140 Å². The van der Waals surface area contributed by atoms with Gasteiger partial charge in [-0.1, -0.05) is 12.1 Å². The Balaban J connectivity index is 1.94. The first-order chi connectivity index (χ1) is 11.8. The van der Waals surface area contributed by atoms with Crippen LogP contribution in [0.1, 0.15) is 11.3 Å². The highest BCUT2D eigenvalue weighted by Crippen LogP contribution is 2.20. The number of aromatic nitrogens is 4. The highest BCUT2D eigenvalue weighted by molar-refractivity contribution is 5.53. The zero-order chi connectivity index (χ0) is 16.8. The van der Waals surface area contributed by atoms with Crippen LogP contribution in [0, 0.1) is 6.92 Å². The van der Waals surface area contributed by atoms with Crippen LogP contribution in [0.5, 0.6) is 0 Å². The minimum atomic E-state index is 0.0439. The molecule has 3 aromatic rings. The minimum Gasteiger partial charge on any atom is -0.395 e. The summed E-state index contributed by atoms with van der Waals surface area (Å²) in [6, 6.07) is 11.5. The number of pyridine rings is 2. The number of anilines is 1. The van der Waals surface area contributed by atoms with Gasteiger partial charge in [-0.05, 0) is 30.7 Å². The minimum absolute atomic E-state index is 0.0439. The number of aliphatic hydroxyl groups is 1. The van der Waals surface area contributed by atoms with Crippen molar-refractivity contribution in [2.45, 2.75) is 13.5 Å². The summed E-state index contributed by atoms with van der Waals surface area (Å²) in [6.07, 6.45) is 5.29. The molecule has 0 radical (unpaired) electrons. The number of hydrogen-bond acceptors (Lipinski definition) is 6. The molecule has 0 amide bonds. The van der Waals surface area contributed by atoms with Crippen molar-refractivity contribution >= 4 is 5.82 Å². The quantitative estimate of drug-likeness (QED) is 0.750. The van der Waals surface area contributed by atoms with Crippen LogP contribution in [0.25, 0.3) is 11.5 Å². The number of aryl methyl sites for hydroxylation is 1. The van der Waals surface area contributed by atoms with Gasteiger partial charge in [-0.3, -0.25) is 9.97 Å². The second-order valence-corrected chi connectivity index (χ2v) is 5.41. The van der Waals surface area contributed by atoms with Crippen LogP contribution in [-0.2, 0) is 6.54 Å². The molecule has 0 atom stereocenters. The average Bonchev–Trinajstić information content (AvgIpc) is 2.62. The van der Waals surface area contributed by atoms with E-state index < -0.39 is 0 Å². The molecule has 6 heteroatoms. The second kappa shape index (κ2) is 7.61. The number of rotatable bonds is 6. The summed E-state index contributed by atoms with van der Waals surface area (Å²) in [5.41, 5.74) is 2.64. The van der Waals surface area contributed by atoms with E-state index in [1.165, 1.54) is 0 Å². The molecule has 3 heterocycles. The van der Waals surface area contributed by atoms with Crippen LogP contribution in [-0.4, -0.2) is 38.2 Å². The van der Waals surface area contributed by atoms with Gasteiger partial charge in [0, 0.05) is 43.4 Å². The summed E-state index contributed by atoms with van der Waals surface area (Å²) in [7, 11) is 0. The van der Waals surface area contributed by atoms with E-state index in [1.54, 1.807) is 12.4 Å². The Morgan fingerprint density at radius 2 is 2.00 bits per heavy atom.